The van der Waals surface area contributed by atoms with Crippen LogP contribution in [0, 0.1) is 11.8 Å². The molecule has 1 aromatic carbocycles. The monoisotopic (exact) mass is 384 g/mol. The average Bonchev–Trinajstić information content (AvgIpc) is 2.89. The van der Waals surface area contributed by atoms with Gasteiger partial charge in [0.05, 0.1) is 11.4 Å². The second-order valence-electron chi connectivity index (χ2n) is 4.09. The molecular formula is C14H13BrN2O2S2. The molecule has 0 amide bonds. The van der Waals surface area contributed by atoms with Crippen LogP contribution in [-0.4, -0.2) is 15.0 Å². The number of rotatable bonds is 4. The summed E-state index contributed by atoms with van der Waals surface area (Å²) in [6.45, 7) is 0.500. The predicted octanol–water partition coefficient (Wildman–Crippen LogP) is 2.30. The quantitative estimate of drug-likeness (QED) is 0.794. The van der Waals surface area contributed by atoms with Crippen molar-refractivity contribution in [3.05, 3.63) is 50.6 Å². The number of nitrogens with one attached hydrogen (secondary N) is 1. The molecule has 0 aliphatic carbocycles. The molecule has 7 heteroatoms. The normalized spacial score (nSPS) is 11.0. The van der Waals surface area contributed by atoms with Crippen molar-refractivity contribution in [3.8, 4) is 11.8 Å². The van der Waals surface area contributed by atoms with Crippen molar-refractivity contribution in [2.24, 2.45) is 5.73 Å². The van der Waals surface area contributed by atoms with Crippen LogP contribution in [0.1, 0.15) is 10.4 Å². The van der Waals surface area contributed by atoms with Gasteiger partial charge in [0.25, 0.3) is 0 Å². The molecule has 2 rings (SSSR count). The summed E-state index contributed by atoms with van der Waals surface area (Å²) in [7, 11) is -3.55. The van der Waals surface area contributed by atoms with Crippen LogP contribution in [0.4, 0.5) is 0 Å². The fourth-order valence-corrected chi connectivity index (χ4v) is 4.12. The molecule has 0 fully saturated rings. The Hall–Kier alpha value is -1.17. The van der Waals surface area contributed by atoms with Crippen molar-refractivity contribution in [1.82, 2.24) is 4.72 Å². The first-order valence-electron chi connectivity index (χ1n) is 6.03. The third-order valence-corrected chi connectivity index (χ3v) is 5.63. The molecule has 1 aromatic heterocycles. The molecule has 0 bridgehead atoms. The van der Waals surface area contributed by atoms with Gasteiger partial charge in [0.15, 0.2) is 0 Å². The Morgan fingerprint density at radius 3 is 2.81 bits per heavy atom. The van der Waals surface area contributed by atoms with Gasteiger partial charge in [0.2, 0.25) is 10.0 Å². The minimum absolute atomic E-state index is 0.196. The van der Waals surface area contributed by atoms with E-state index < -0.39 is 10.0 Å². The molecule has 4 nitrogen and oxygen atoms in total. The smallest absolute Gasteiger partial charge is 0.240 e. The topological polar surface area (TPSA) is 72.2 Å². The van der Waals surface area contributed by atoms with Crippen LogP contribution in [0.3, 0.4) is 0 Å². The van der Waals surface area contributed by atoms with Gasteiger partial charge in [-0.05, 0) is 40.2 Å². The van der Waals surface area contributed by atoms with Gasteiger partial charge in [-0.15, -0.1) is 11.3 Å². The molecule has 1 heterocycles. The van der Waals surface area contributed by atoms with Crippen molar-refractivity contribution >= 4 is 37.3 Å². The molecule has 2 aromatic rings. The molecule has 0 aliphatic rings. The summed E-state index contributed by atoms with van der Waals surface area (Å²) < 4.78 is 28.0. The molecule has 0 atom stereocenters. The van der Waals surface area contributed by atoms with E-state index in [4.69, 9.17) is 5.73 Å². The van der Waals surface area contributed by atoms with Crippen LogP contribution >= 0.6 is 27.3 Å². The number of hydrogen-bond acceptors (Lipinski definition) is 4. The van der Waals surface area contributed by atoms with Gasteiger partial charge in [-0.2, -0.15) is 0 Å². The highest BCUT2D eigenvalue weighted by Crippen LogP contribution is 2.20. The van der Waals surface area contributed by atoms with Crippen molar-refractivity contribution in [2.75, 3.05) is 6.54 Å². The first kappa shape index (κ1) is 16.2. The highest BCUT2D eigenvalue weighted by Gasteiger charge is 2.14. The van der Waals surface area contributed by atoms with Crippen LogP contribution in [0.15, 0.2) is 45.1 Å². The van der Waals surface area contributed by atoms with Crippen molar-refractivity contribution < 1.29 is 8.42 Å². The van der Waals surface area contributed by atoms with Gasteiger partial charge in [0.1, 0.15) is 0 Å². The Labute approximate surface area is 136 Å². The maximum absolute atomic E-state index is 12.2. The number of sulfonamides is 1. The number of hydrogen-bond donors (Lipinski definition) is 2. The lowest BCUT2D eigenvalue weighted by atomic mass is 10.2. The highest BCUT2D eigenvalue weighted by molar-refractivity contribution is 9.10. The van der Waals surface area contributed by atoms with E-state index in [1.54, 1.807) is 18.2 Å². The number of halogens is 1. The molecular weight excluding hydrogens is 372 g/mol. The largest absolute Gasteiger partial charge is 0.320 e. The predicted molar refractivity (Wildman–Crippen MR) is 88.4 cm³/mol. The summed E-state index contributed by atoms with van der Waals surface area (Å²) in [6, 6.07) is 8.38. The van der Waals surface area contributed by atoms with E-state index in [2.05, 4.69) is 32.5 Å². The van der Waals surface area contributed by atoms with E-state index in [1.165, 1.54) is 17.4 Å². The summed E-state index contributed by atoms with van der Waals surface area (Å²) in [5.74, 6) is 5.53. The van der Waals surface area contributed by atoms with Crippen LogP contribution < -0.4 is 10.5 Å². The van der Waals surface area contributed by atoms with Gasteiger partial charge in [-0.1, -0.05) is 17.9 Å². The maximum atomic E-state index is 12.2. The van der Waals surface area contributed by atoms with E-state index in [0.717, 1.165) is 9.35 Å². The zero-order chi connectivity index (χ0) is 15.3. The zero-order valence-electron chi connectivity index (χ0n) is 11.0. The molecule has 0 radical (unpaired) electrons. The maximum Gasteiger partial charge on any atom is 0.240 e. The minimum atomic E-state index is -3.55. The fraction of sp³-hybridized carbons (Fsp3) is 0.143. The second kappa shape index (κ2) is 7.20. The summed E-state index contributed by atoms with van der Waals surface area (Å²) in [6.07, 6.45) is 0. The number of thiophene rings is 1. The van der Waals surface area contributed by atoms with Crippen LogP contribution in [0.2, 0.25) is 0 Å². The minimum Gasteiger partial charge on any atom is -0.320 e. The van der Waals surface area contributed by atoms with Gasteiger partial charge < -0.3 is 5.73 Å². The number of nitrogens with two attached hydrogens (primary N) is 1. The Morgan fingerprint density at radius 2 is 2.14 bits per heavy atom. The lowest BCUT2D eigenvalue weighted by Crippen LogP contribution is -2.22. The zero-order valence-corrected chi connectivity index (χ0v) is 14.2. The van der Waals surface area contributed by atoms with E-state index in [1.807, 2.05) is 11.4 Å². The summed E-state index contributed by atoms with van der Waals surface area (Å²) in [4.78, 5) is 1.13. The molecule has 0 aliphatic heterocycles. The second-order valence-corrected chi connectivity index (χ2v) is 7.77. The summed E-state index contributed by atoms with van der Waals surface area (Å²) in [5, 5.41) is 1.91. The van der Waals surface area contributed by atoms with E-state index in [-0.39, 0.29) is 18.0 Å². The molecule has 3 N–H and O–H groups in total. The van der Waals surface area contributed by atoms with Gasteiger partial charge in [0, 0.05) is 26.8 Å². The van der Waals surface area contributed by atoms with Gasteiger partial charge in [-0.25, -0.2) is 13.1 Å². The first-order chi connectivity index (χ1) is 10.0. The third-order valence-electron chi connectivity index (χ3n) is 2.54. The van der Waals surface area contributed by atoms with Gasteiger partial charge in [-0.3, -0.25) is 0 Å². The molecule has 21 heavy (non-hydrogen) atoms. The Kier molecular flexibility index (Phi) is 5.56. The van der Waals surface area contributed by atoms with E-state index in [0.29, 0.717) is 5.56 Å². The standard InChI is InChI=1S/C14H13BrN2O2S2/c15-12-8-13(20-10-12)9-17-21(18,19)14-5-1-3-11(7-14)4-2-6-16/h1,3,5,7-8,10,17H,6,9,16H2. The van der Waals surface area contributed by atoms with Crippen molar-refractivity contribution in [2.45, 2.75) is 11.4 Å². The first-order valence-corrected chi connectivity index (χ1v) is 9.18. The lowest BCUT2D eigenvalue weighted by Gasteiger charge is -2.06. The summed E-state index contributed by atoms with van der Waals surface area (Å²) >= 11 is 4.83. The molecule has 0 saturated carbocycles. The molecule has 0 saturated heterocycles. The van der Waals surface area contributed by atoms with Crippen molar-refractivity contribution in [3.63, 3.8) is 0 Å². The number of benzene rings is 1. The van der Waals surface area contributed by atoms with Crippen LogP contribution in [-0.2, 0) is 16.6 Å². The van der Waals surface area contributed by atoms with Gasteiger partial charge >= 0.3 is 0 Å². The Bertz CT molecular complexity index is 789. The van der Waals surface area contributed by atoms with Crippen molar-refractivity contribution in [1.29, 1.82) is 0 Å². The molecule has 110 valence electrons. The fourth-order valence-electron chi connectivity index (χ4n) is 1.59. The summed E-state index contributed by atoms with van der Waals surface area (Å²) in [5.41, 5.74) is 5.93. The lowest BCUT2D eigenvalue weighted by molar-refractivity contribution is 0.582. The highest BCUT2D eigenvalue weighted by atomic mass is 79.9. The SMILES string of the molecule is NCC#Cc1cccc(S(=O)(=O)NCc2cc(Br)cs2)c1. The Morgan fingerprint density at radius 1 is 1.33 bits per heavy atom. The average molecular weight is 385 g/mol. The molecule has 0 unspecified atom stereocenters. The van der Waals surface area contributed by atoms with E-state index in [9.17, 15) is 8.42 Å². The van der Waals surface area contributed by atoms with Crippen LogP contribution in [0.5, 0.6) is 0 Å². The van der Waals surface area contributed by atoms with E-state index >= 15 is 0 Å². The van der Waals surface area contributed by atoms with Crippen LogP contribution in [0.25, 0.3) is 0 Å². The third kappa shape index (κ3) is 4.66. The Balaban J connectivity index is 2.15. The molecule has 0 spiro atoms.